The van der Waals surface area contributed by atoms with Gasteiger partial charge in [0.05, 0.1) is 19.3 Å². The molecule has 0 saturated carbocycles. The average molecular weight is 357 g/mol. The zero-order chi connectivity index (χ0) is 17.9. The summed E-state index contributed by atoms with van der Waals surface area (Å²) in [5.74, 6) is 0. The molecule has 0 spiro atoms. The van der Waals surface area contributed by atoms with Crippen LogP contribution in [-0.4, -0.2) is 42.4 Å². The van der Waals surface area contributed by atoms with Gasteiger partial charge in [-0.15, -0.1) is 0 Å². The number of nitrogens with two attached hydrogens (primary N) is 1. The van der Waals surface area contributed by atoms with Crippen LogP contribution in [0.15, 0.2) is 60.7 Å². The maximum absolute atomic E-state index is 10.6. The van der Waals surface area contributed by atoms with Gasteiger partial charge in [-0.25, -0.2) is 0 Å². The van der Waals surface area contributed by atoms with Gasteiger partial charge in [0, 0.05) is 5.56 Å². The molecule has 0 bridgehead atoms. The predicted molar refractivity (Wildman–Crippen MR) is 93.9 cm³/mol. The molecule has 0 radical (unpaired) electrons. The summed E-state index contributed by atoms with van der Waals surface area (Å²) in [6.45, 7) is 0.664. The Morgan fingerprint density at radius 1 is 1.00 bits per heavy atom. The molecule has 3 N–H and O–H groups in total. The van der Waals surface area contributed by atoms with Crippen LogP contribution in [0.2, 0.25) is 0 Å². The zero-order valence-corrected chi connectivity index (χ0v) is 14.3. The van der Waals surface area contributed by atoms with Crippen LogP contribution in [0.25, 0.3) is 0 Å². The number of benzene rings is 2. The van der Waals surface area contributed by atoms with E-state index in [1.807, 2.05) is 60.7 Å². The summed E-state index contributed by atoms with van der Waals surface area (Å²) < 4.78 is 23.4. The largest absolute Gasteiger partial charge is 0.388 e. The Kier molecular flexibility index (Phi) is 5.31. The van der Waals surface area contributed by atoms with Crippen molar-refractivity contribution in [1.82, 2.24) is 0 Å². The normalized spacial score (nSPS) is 34.2. The molecule has 2 saturated heterocycles. The van der Waals surface area contributed by atoms with E-state index in [0.29, 0.717) is 13.2 Å². The van der Waals surface area contributed by atoms with Gasteiger partial charge in [0.15, 0.2) is 12.6 Å². The first-order valence-corrected chi connectivity index (χ1v) is 8.79. The highest BCUT2D eigenvalue weighted by Crippen LogP contribution is 2.33. The SMILES string of the molecule is N[C@H]1[C@@H](OCc2ccccc2)O[C@@H]2COC(c3ccccc3)O[C@H]2[C@@H]1O. The molecule has 2 fully saturated rings. The van der Waals surface area contributed by atoms with Gasteiger partial charge in [0.25, 0.3) is 0 Å². The molecule has 0 amide bonds. The quantitative estimate of drug-likeness (QED) is 0.867. The van der Waals surface area contributed by atoms with Crippen LogP contribution >= 0.6 is 0 Å². The van der Waals surface area contributed by atoms with E-state index in [4.69, 9.17) is 24.7 Å². The smallest absolute Gasteiger partial charge is 0.184 e. The van der Waals surface area contributed by atoms with Crippen molar-refractivity contribution >= 4 is 0 Å². The van der Waals surface area contributed by atoms with Crippen LogP contribution in [-0.2, 0) is 25.6 Å². The minimum Gasteiger partial charge on any atom is -0.388 e. The Balaban J connectivity index is 1.40. The second-order valence-corrected chi connectivity index (χ2v) is 6.58. The molecule has 6 heteroatoms. The van der Waals surface area contributed by atoms with Crippen LogP contribution in [0.4, 0.5) is 0 Å². The van der Waals surface area contributed by atoms with E-state index in [-0.39, 0.29) is 0 Å². The monoisotopic (exact) mass is 357 g/mol. The van der Waals surface area contributed by atoms with Crippen LogP contribution in [0, 0.1) is 0 Å². The van der Waals surface area contributed by atoms with Gasteiger partial charge >= 0.3 is 0 Å². The summed E-state index contributed by atoms with van der Waals surface area (Å²) in [6.07, 6.45) is -3.13. The Morgan fingerprint density at radius 2 is 1.69 bits per heavy atom. The fourth-order valence-electron chi connectivity index (χ4n) is 3.29. The standard InChI is InChI=1S/C20H23NO5/c21-16-17(22)18-15(12-24-19(26-18)14-9-5-2-6-10-14)25-20(16)23-11-13-7-3-1-4-8-13/h1-10,15-20,22H,11-12,21H2/t15-,16-,17-,18-,19?,20+/m1/s1. The van der Waals surface area contributed by atoms with E-state index in [2.05, 4.69) is 0 Å². The van der Waals surface area contributed by atoms with Crippen molar-refractivity contribution in [1.29, 1.82) is 0 Å². The molecule has 138 valence electrons. The average Bonchev–Trinajstić information content (AvgIpc) is 2.71. The first-order chi connectivity index (χ1) is 12.7. The van der Waals surface area contributed by atoms with Crippen molar-refractivity contribution in [2.75, 3.05) is 6.61 Å². The van der Waals surface area contributed by atoms with E-state index >= 15 is 0 Å². The number of rotatable bonds is 4. The first-order valence-electron chi connectivity index (χ1n) is 8.79. The number of aliphatic hydroxyl groups excluding tert-OH is 1. The second-order valence-electron chi connectivity index (χ2n) is 6.58. The van der Waals surface area contributed by atoms with Gasteiger partial charge in [-0.2, -0.15) is 0 Å². The molecule has 0 aliphatic carbocycles. The van der Waals surface area contributed by atoms with Crippen LogP contribution in [0.1, 0.15) is 17.4 Å². The number of hydrogen-bond acceptors (Lipinski definition) is 6. The van der Waals surface area contributed by atoms with Crippen molar-refractivity contribution in [2.45, 2.75) is 43.5 Å². The lowest BCUT2D eigenvalue weighted by Gasteiger charge is -2.46. The highest BCUT2D eigenvalue weighted by molar-refractivity contribution is 5.17. The minimum atomic E-state index is -0.898. The van der Waals surface area contributed by atoms with Gasteiger partial charge in [0.2, 0.25) is 0 Å². The molecule has 26 heavy (non-hydrogen) atoms. The molecule has 4 rings (SSSR count). The van der Waals surface area contributed by atoms with Crippen molar-refractivity contribution < 1.29 is 24.1 Å². The fourth-order valence-corrected chi connectivity index (χ4v) is 3.29. The summed E-state index contributed by atoms with van der Waals surface area (Å²) in [5, 5.41) is 10.6. The molecular weight excluding hydrogens is 334 g/mol. The van der Waals surface area contributed by atoms with Gasteiger partial charge in [-0.3, -0.25) is 0 Å². The van der Waals surface area contributed by atoms with E-state index in [9.17, 15) is 5.11 Å². The summed E-state index contributed by atoms with van der Waals surface area (Å²) in [4.78, 5) is 0. The second kappa shape index (κ2) is 7.84. The van der Waals surface area contributed by atoms with Gasteiger partial charge < -0.3 is 29.8 Å². The number of fused-ring (bicyclic) bond motifs is 1. The summed E-state index contributed by atoms with van der Waals surface area (Å²) in [5.41, 5.74) is 8.07. The van der Waals surface area contributed by atoms with Crippen LogP contribution in [0.3, 0.4) is 0 Å². The molecule has 2 aliphatic rings. The highest BCUT2D eigenvalue weighted by Gasteiger charge is 2.48. The Morgan fingerprint density at radius 3 is 2.42 bits per heavy atom. The molecule has 2 aliphatic heterocycles. The van der Waals surface area contributed by atoms with E-state index in [1.165, 1.54) is 0 Å². The topological polar surface area (TPSA) is 83.2 Å². The lowest BCUT2D eigenvalue weighted by molar-refractivity contribution is -0.343. The number of ether oxygens (including phenoxy) is 4. The fraction of sp³-hybridized carbons (Fsp3) is 0.400. The minimum absolute atomic E-state index is 0.305. The summed E-state index contributed by atoms with van der Waals surface area (Å²) >= 11 is 0. The predicted octanol–water partition coefficient (Wildman–Crippen LogP) is 1.73. The maximum Gasteiger partial charge on any atom is 0.184 e. The third-order valence-corrected chi connectivity index (χ3v) is 4.74. The van der Waals surface area contributed by atoms with Crippen LogP contribution < -0.4 is 5.73 Å². The zero-order valence-electron chi connectivity index (χ0n) is 14.3. The lowest BCUT2D eigenvalue weighted by Crippen LogP contribution is -2.64. The molecule has 1 unspecified atom stereocenters. The Hall–Kier alpha value is -1.80. The Labute approximate surface area is 152 Å². The Bertz CT molecular complexity index is 696. The van der Waals surface area contributed by atoms with Crippen molar-refractivity contribution in [3.63, 3.8) is 0 Å². The number of aliphatic hydroxyl groups is 1. The third kappa shape index (κ3) is 3.66. The molecule has 2 aromatic carbocycles. The first kappa shape index (κ1) is 17.6. The third-order valence-electron chi connectivity index (χ3n) is 4.74. The van der Waals surface area contributed by atoms with Gasteiger partial charge in [0.1, 0.15) is 18.3 Å². The lowest BCUT2D eigenvalue weighted by atomic mass is 9.96. The summed E-state index contributed by atoms with van der Waals surface area (Å²) in [7, 11) is 0. The van der Waals surface area contributed by atoms with Gasteiger partial charge in [-0.05, 0) is 5.56 Å². The molecule has 6 nitrogen and oxygen atoms in total. The van der Waals surface area contributed by atoms with E-state index in [1.54, 1.807) is 0 Å². The van der Waals surface area contributed by atoms with Crippen molar-refractivity contribution in [3.05, 3.63) is 71.8 Å². The number of hydrogen-bond donors (Lipinski definition) is 2. The van der Waals surface area contributed by atoms with E-state index < -0.39 is 36.9 Å². The molecular formula is C20H23NO5. The van der Waals surface area contributed by atoms with E-state index in [0.717, 1.165) is 11.1 Å². The highest BCUT2D eigenvalue weighted by atomic mass is 16.7. The molecule has 0 aromatic heterocycles. The van der Waals surface area contributed by atoms with Crippen molar-refractivity contribution in [3.8, 4) is 0 Å². The molecule has 6 atom stereocenters. The van der Waals surface area contributed by atoms with Crippen LogP contribution in [0.5, 0.6) is 0 Å². The summed E-state index contributed by atoms with van der Waals surface area (Å²) in [6, 6.07) is 18.7. The van der Waals surface area contributed by atoms with Crippen molar-refractivity contribution in [2.24, 2.45) is 5.73 Å². The maximum atomic E-state index is 10.6. The van der Waals surface area contributed by atoms with Gasteiger partial charge in [-0.1, -0.05) is 60.7 Å². The molecule has 2 heterocycles. The molecule has 2 aromatic rings.